The Morgan fingerprint density at radius 2 is 1.96 bits per heavy atom. The first kappa shape index (κ1) is 18.1. The van der Waals surface area contributed by atoms with Crippen molar-refractivity contribution in [1.82, 2.24) is 4.90 Å². The minimum absolute atomic E-state index is 0.273. The standard InChI is InChI=1S/C18H23IN2O2/c1-17(2,3)23-16(22)21-11-9-18(20-4,10-12-21)13-14-7-5-6-8-15(14)19/h5-8H,9-13H2,1-3H3. The zero-order chi connectivity index (χ0) is 17.1. The van der Waals surface area contributed by atoms with Gasteiger partial charge < -0.3 is 14.5 Å². The lowest BCUT2D eigenvalue weighted by molar-refractivity contribution is 0.0184. The van der Waals surface area contributed by atoms with Crippen molar-refractivity contribution in [3.05, 3.63) is 44.8 Å². The van der Waals surface area contributed by atoms with Crippen molar-refractivity contribution in [2.75, 3.05) is 13.1 Å². The fraction of sp³-hybridized carbons (Fsp3) is 0.556. The Hall–Kier alpha value is -1.29. The molecule has 1 fully saturated rings. The SMILES string of the molecule is [C-]#[N+]C1(Cc2ccccc2I)CCN(C(=O)OC(C)(C)C)CC1. The number of carbonyl (C=O) groups excluding carboxylic acids is 1. The molecule has 0 radical (unpaired) electrons. The van der Waals surface area contributed by atoms with Crippen molar-refractivity contribution in [2.24, 2.45) is 0 Å². The van der Waals surface area contributed by atoms with Gasteiger partial charge in [0.15, 0.2) is 0 Å². The van der Waals surface area contributed by atoms with Crippen LogP contribution in [0.2, 0.25) is 0 Å². The maximum absolute atomic E-state index is 12.2. The number of nitrogens with zero attached hydrogens (tertiary/aromatic N) is 2. The van der Waals surface area contributed by atoms with E-state index in [9.17, 15) is 4.79 Å². The molecule has 0 saturated carbocycles. The molecule has 0 bridgehead atoms. The van der Waals surface area contributed by atoms with Crippen LogP contribution < -0.4 is 0 Å². The molecule has 1 aliphatic heterocycles. The normalized spacial score (nSPS) is 17.4. The summed E-state index contributed by atoms with van der Waals surface area (Å²) in [6.07, 6.45) is 1.87. The van der Waals surface area contributed by atoms with Gasteiger partial charge in [-0.25, -0.2) is 11.4 Å². The second kappa shape index (κ2) is 7.08. The molecule has 23 heavy (non-hydrogen) atoms. The first-order valence-electron chi connectivity index (χ1n) is 7.85. The van der Waals surface area contributed by atoms with E-state index < -0.39 is 11.1 Å². The fourth-order valence-electron chi connectivity index (χ4n) is 2.76. The monoisotopic (exact) mass is 426 g/mol. The third-order valence-electron chi connectivity index (χ3n) is 4.06. The summed E-state index contributed by atoms with van der Waals surface area (Å²) in [6.45, 7) is 14.5. The summed E-state index contributed by atoms with van der Waals surface area (Å²) >= 11 is 2.32. The lowest BCUT2D eigenvalue weighted by atomic mass is 9.82. The third-order valence-corrected chi connectivity index (χ3v) is 5.11. The molecule has 4 nitrogen and oxygen atoms in total. The topological polar surface area (TPSA) is 33.9 Å². The Kier molecular flexibility index (Phi) is 5.56. The minimum Gasteiger partial charge on any atom is -0.444 e. The largest absolute Gasteiger partial charge is 0.444 e. The van der Waals surface area contributed by atoms with Crippen LogP contribution in [0.15, 0.2) is 24.3 Å². The molecule has 0 N–H and O–H groups in total. The van der Waals surface area contributed by atoms with Crippen LogP contribution in [0.25, 0.3) is 4.85 Å². The summed E-state index contributed by atoms with van der Waals surface area (Å²) in [7, 11) is 0. The maximum Gasteiger partial charge on any atom is 0.410 e. The van der Waals surface area contributed by atoms with Crippen LogP contribution in [0.4, 0.5) is 4.79 Å². The molecule has 0 unspecified atom stereocenters. The van der Waals surface area contributed by atoms with Crippen molar-refractivity contribution in [2.45, 2.75) is 51.2 Å². The fourth-order valence-corrected chi connectivity index (χ4v) is 3.33. The van der Waals surface area contributed by atoms with E-state index in [-0.39, 0.29) is 6.09 Å². The molecule has 1 saturated heterocycles. The average Bonchev–Trinajstić information content (AvgIpc) is 2.48. The van der Waals surface area contributed by atoms with Crippen LogP contribution in [0.1, 0.15) is 39.2 Å². The van der Waals surface area contributed by atoms with Crippen LogP contribution in [-0.4, -0.2) is 35.2 Å². The number of rotatable bonds is 2. The molecule has 1 aliphatic rings. The van der Waals surface area contributed by atoms with Gasteiger partial charge in [-0.3, -0.25) is 0 Å². The summed E-state index contributed by atoms with van der Waals surface area (Å²) in [4.78, 5) is 17.8. The maximum atomic E-state index is 12.2. The van der Waals surface area contributed by atoms with Gasteiger partial charge in [0.1, 0.15) is 5.60 Å². The van der Waals surface area contributed by atoms with Gasteiger partial charge in [0.05, 0.1) is 6.42 Å². The van der Waals surface area contributed by atoms with Crippen molar-refractivity contribution in [3.8, 4) is 0 Å². The van der Waals surface area contributed by atoms with Gasteiger partial charge in [-0.2, -0.15) is 0 Å². The van der Waals surface area contributed by atoms with E-state index in [4.69, 9.17) is 11.3 Å². The molecule has 124 valence electrons. The molecule has 0 aromatic heterocycles. The van der Waals surface area contributed by atoms with E-state index in [0.717, 1.165) is 6.42 Å². The number of benzene rings is 1. The summed E-state index contributed by atoms with van der Waals surface area (Å²) in [5.41, 5.74) is 0.334. The lowest BCUT2D eigenvalue weighted by Gasteiger charge is -2.35. The molecule has 1 aromatic rings. The van der Waals surface area contributed by atoms with Gasteiger partial charge in [-0.05, 0) is 55.0 Å². The Bertz CT molecular complexity index is 608. The Morgan fingerprint density at radius 1 is 1.35 bits per heavy atom. The van der Waals surface area contributed by atoms with E-state index in [0.29, 0.717) is 25.9 Å². The first-order valence-corrected chi connectivity index (χ1v) is 8.92. The lowest BCUT2D eigenvalue weighted by Crippen LogP contribution is -2.47. The Balaban J connectivity index is 2.02. The molecular formula is C18H23IN2O2. The predicted octanol–water partition coefficient (Wildman–Crippen LogP) is 4.52. The molecule has 0 spiro atoms. The highest BCUT2D eigenvalue weighted by atomic mass is 127. The number of likely N-dealkylation sites (tertiary alicyclic amines) is 1. The van der Waals surface area contributed by atoms with E-state index in [1.807, 2.05) is 32.9 Å². The highest BCUT2D eigenvalue weighted by Crippen LogP contribution is 2.32. The molecule has 2 rings (SSSR count). The van der Waals surface area contributed by atoms with Gasteiger partial charge in [-0.15, -0.1) is 0 Å². The predicted molar refractivity (Wildman–Crippen MR) is 99.2 cm³/mol. The van der Waals surface area contributed by atoms with E-state index >= 15 is 0 Å². The molecule has 0 atom stereocenters. The smallest absolute Gasteiger partial charge is 0.410 e. The third kappa shape index (κ3) is 4.84. The van der Waals surface area contributed by atoms with Gasteiger partial charge in [-0.1, -0.05) is 18.2 Å². The molecular weight excluding hydrogens is 403 g/mol. The van der Waals surface area contributed by atoms with Gasteiger partial charge in [0.25, 0.3) is 0 Å². The zero-order valence-corrected chi connectivity index (χ0v) is 16.1. The van der Waals surface area contributed by atoms with Gasteiger partial charge >= 0.3 is 6.09 Å². The Labute approximate surface area is 152 Å². The molecule has 1 amide bonds. The second-order valence-corrected chi connectivity index (χ2v) is 8.23. The summed E-state index contributed by atoms with van der Waals surface area (Å²) in [5, 5.41) is 0. The first-order chi connectivity index (χ1) is 10.7. The van der Waals surface area contributed by atoms with Crippen molar-refractivity contribution >= 4 is 28.7 Å². The number of ether oxygens (including phenoxy) is 1. The van der Waals surface area contributed by atoms with Crippen LogP contribution in [0.5, 0.6) is 0 Å². The number of halogens is 1. The van der Waals surface area contributed by atoms with Gasteiger partial charge in [0, 0.05) is 29.5 Å². The molecule has 1 aromatic carbocycles. The number of hydrogen-bond acceptors (Lipinski definition) is 2. The molecule has 0 aliphatic carbocycles. The average molecular weight is 426 g/mol. The summed E-state index contributed by atoms with van der Waals surface area (Å²) in [5.74, 6) is 0. The van der Waals surface area contributed by atoms with Crippen molar-refractivity contribution in [3.63, 3.8) is 0 Å². The highest BCUT2D eigenvalue weighted by molar-refractivity contribution is 14.1. The number of piperidine rings is 1. The molecule has 1 heterocycles. The van der Waals surface area contributed by atoms with Crippen molar-refractivity contribution in [1.29, 1.82) is 0 Å². The Morgan fingerprint density at radius 3 is 2.48 bits per heavy atom. The van der Waals surface area contributed by atoms with Crippen LogP contribution >= 0.6 is 22.6 Å². The van der Waals surface area contributed by atoms with E-state index in [1.54, 1.807) is 4.90 Å². The summed E-state index contributed by atoms with van der Waals surface area (Å²) < 4.78 is 6.62. The highest BCUT2D eigenvalue weighted by Gasteiger charge is 2.42. The van der Waals surface area contributed by atoms with Crippen molar-refractivity contribution < 1.29 is 9.53 Å². The van der Waals surface area contributed by atoms with Crippen LogP contribution in [0.3, 0.4) is 0 Å². The molecule has 5 heteroatoms. The summed E-state index contributed by atoms with van der Waals surface area (Å²) in [6, 6.07) is 8.20. The zero-order valence-electron chi connectivity index (χ0n) is 13.9. The minimum atomic E-state index is -0.481. The van der Waals surface area contributed by atoms with Crippen LogP contribution in [-0.2, 0) is 11.2 Å². The quantitative estimate of drug-likeness (QED) is 0.515. The van der Waals surface area contributed by atoms with Gasteiger partial charge in [0.2, 0.25) is 5.54 Å². The number of hydrogen-bond donors (Lipinski definition) is 0. The van der Waals surface area contributed by atoms with E-state index in [2.05, 4.69) is 39.6 Å². The van der Waals surface area contributed by atoms with E-state index in [1.165, 1.54) is 9.13 Å². The second-order valence-electron chi connectivity index (χ2n) is 7.07. The number of carbonyl (C=O) groups is 1. The van der Waals surface area contributed by atoms with Crippen LogP contribution in [0, 0.1) is 10.1 Å². The number of amides is 1.